The molecule has 2 aromatic heterocycles. The van der Waals surface area contributed by atoms with Crippen LogP contribution in [0.2, 0.25) is 0 Å². The Kier molecular flexibility index (Phi) is 6.62. The highest BCUT2D eigenvalue weighted by atomic mass is 32.2. The monoisotopic (exact) mass is 505 g/mol. The maximum absolute atomic E-state index is 13.1. The van der Waals surface area contributed by atoms with Crippen LogP contribution in [-0.4, -0.2) is 60.3 Å². The summed E-state index contributed by atoms with van der Waals surface area (Å²) in [5.74, 6) is -0.470. The van der Waals surface area contributed by atoms with Crippen LogP contribution in [0.15, 0.2) is 84.0 Å². The molecule has 0 unspecified atom stereocenters. The molecule has 3 heterocycles. The normalized spacial score (nSPS) is 14.6. The number of rotatable bonds is 6. The lowest BCUT2D eigenvalue weighted by molar-refractivity contribution is 0.0627. The summed E-state index contributed by atoms with van der Waals surface area (Å²) in [7, 11) is -3.84. The lowest BCUT2D eigenvalue weighted by Crippen LogP contribution is -2.48. The Balaban J connectivity index is 1.21. The van der Waals surface area contributed by atoms with Crippen molar-refractivity contribution in [3.8, 4) is 0 Å². The number of carbonyl (C=O) groups is 1. The van der Waals surface area contributed by atoms with Crippen LogP contribution in [0.4, 0.5) is 10.1 Å². The second-order valence-corrected chi connectivity index (χ2v) is 10.2. The number of aromatic nitrogens is 2. The van der Waals surface area contributed by atoms with Crippen molar-refractivity contribution < 1.29 is 17.6 Å². The fourth-order valence-corrected chi connectivity index (χ4v) is 5.50. The van der Waals surface area contributed by atoms with Crippen LogP contribution in [0.25, 0.3) is 10.9 Å². The van der Waals surface area contributed by atoms with Crippen LogP contribution in [-0.2, 0) is 16.6 Å². The summed E-state index contributed by atoms with van der Waals surface area (Å²) >= 11 is 0. The lowest BCUT2D eigenvalue weighted by Gasteiger charge is -2.34. The number of nitrogens with zero attached hydrogens (tertiary/aromatic N) is 4. The largest absolute Gasteiger partial charge is 0.336 e. The molecule has 2 aromatic carbocycles. The Bertz CT molecular complexity index is 1480. The van der Waals surface area contributed by atoms with E-state index in [0.29, 0.717) is 54.9 Å². The van der Waals surface area contributed by atoms with E-state index in [4.69, 9.17) is 0 Å². The number of amides is 1. The molecule has 8 nitrogen and oxygen atoms in total. The van der Waals surface area contributed by atoms with E-state index < -0.39 is 10.0 Å². The number of halogens is 1. The summed E-state index contributed by atoms with van der Waals surface area (Å²) in [5.41, 5.74) is 2.23. The molecule has 1 saturated heterocycles. The van der Waals surface area contributed by atoms with Gasteiger partial charge in [0.25, 0.3) is 15.9 Å². The number of anilines is 1. The van der Waals surface area contributed by atoms with Crippen molar-refractivity contribution >= 4 is 32.5 Å². The minimum Gasteiger partial charge on any atom is -0.336 e. The van der Waals surface area contributed by atoms with E-state index in [2.05, 4.69) is 19.6 Å². The molecule has 0 aliphatic carbocycles. The zero-order chi connectivity index (χ0) is 25.1. The number of nitrogens with one attached hydrogen (secondary N) is 1. The molecule has 4 aromatic rings. The standard InChI is InChI=1S/C26H24FN5O3S/c27-20-8-11-22(29-17-20)18-31-13-15-32(16-14-31)26(33)19-6-9-21(10-7-19)30-36(34,35)25-5-1-4-24-23(25)3-2-12-28-24/h1-12,17,30H,13-16,18H2. The maximum Gasteiger partial charge on any atom is 0.262 e. The van der Waals surface area contributed by atoms with Crippen molar-refractivity contribution in [2.24, 2.45) is 0 Å². The molecule has 1 N–H and O–H groups in total. The summed E-state index contributed by atoms with van der Waals surface area (Å²) in [5, 5.41) is 0.536. The van der Waals surface area contributed by atoms with Gasteiger partial charge in [-0.15, -0.1) is 0 Å². The van der Waals surface area contributed by atoms with E-state index in [1.807, 2.05) is 0 Å². The van der Waals surface area contributed by atoms with Crippen molar-refractivity contribution in [2.45, 2.75) is 11.4 Å². The fourth-order valence-electron chi connectivity index (χ4n) is 4.22. The minimum absolute atomic E-state index is 0.107. The van der Waals surface area contributed by atoms with Gasteiger partial charge < -0.3 is 4.90 Å². The van der Waals surface area contributed by atoms with Crippen molar-refractivity contribution in [1.82, 2.24) is 19.8 Å². The molecule has 36 heavy (non-hydrogen) atoms. The van der Waals surface area contributed by atoms with Gasteiger partial charge in [-0.05, 0) is 60.7 Å². The van der Waals surface area contributed by atoms with Gasteiger partial charge in [0, 0.05) is 55.6 Å². The number of benzene rings is 2. The molecule has 0 saturated carbocycles. The molecule has 5 rings (SSSR count). The van der Waals surface area contributed by atoms with Crippen LogP contribution >= 0.6 is 0 Å². The summed E-state index contributed by atoms with van der Waals surface area (Å²) in [4.78, 5) is 25.4. The van der Waals surface area contributed by atoms with Gasteiger partial charge in [0.1, 0.15) is 5.82 Å². The smallest absolute Gasteiger partial charge is 0.262 e. The number of carbonyl (C=O) groups excluding carboxylic acids is 1. The van der Waals surface area contributed by atoms with E-state index in [0.717, 1.165) is 5.69 Å². The first-order valence-electron chi connectivity index (χ1n) is 11.5. The third kappa shape index (κ3) is 5.19. The predicted molar refractivity (Wildman–Crippen MR) is 134 cm³/mol. The van der Waals surface area contributed by atoms with E-state index in [9.17, 15) is 17.6 Å². The molecule has 1 fully saturated rings. The highest BCUT2D eigenvalue weighted by Crippen LogP contribution is 2.24. The van der Waals surface area contributed by atoms with E-state index in [1.165, 1.54) is 18.3 Å². The lowest BCUT2D eigenvalue weighted by atomic mass is 10.1. The molecule has 0 radical (unpaired) electrons. The molecule has 1 aliphatic rings. The van der Waals surface area contributed by atoms with Gasteiger partial charge in [-0.2, -0.15) is 0 Å². The van der Waals surface area contributed by atoms with Gasteiger partial charge in [0.05, 0.1) is 22.3 Å². The Labute approximate surface area is 208 Å². The molecular formula is C26H24FN5O3S. The van der Waals surface area contributed by atoms with Crippen molar-refractivity contribution in [3.63, 3.8) is 0 Å². The van der Waals surface area contributed by atoms with Gasteiger partial charge in [0.15, 0.2) is 0 Å². The van der Waals surface area contributed by atoms with Crippen LogP contribution in [0.1, 0.15) is 16.1 Å². The summed E-state index contributed by atoms with van der Waals surface area (Å²) < 4.78 is 41.7. The fraction of sp³-hybridized carbons (Fsp3) is 0.192. The topological polar surface area (TPSA) is 95.5 Å². The minimum atomic E-state index is -3.84. The first-order valence-corrected chi connectivity index (χ1v) is 13.0. The third-order valence-electron chi connectivity index (χ3n) is 6.11. The first-order chi connectivity index (χ1) is 17.4. The van der Waals surface area contributed by atoms with Gasteiger partial charge >= 0.3 is 0 Å². The third-order valence-corrected chi connectivity index (χ3v) is 7.55. The average Bonchev–Trinajstić information content (AvgIpc) is 2.90. The molecule has 0 bridgehead atoms. The van der Waals surface area contributed by atoms with Gasteiger partial charge in [-0.25, -0.2) is 12.8 Å². The van der Waals surface area contributed by atoms with Crippen molar-refractivity contribution in [3.05, 3.63) is 96.2 Å². The predicted octanol–water partition coefficient (Wildman–Crippen LogP) is 3.53. The highest BCUT2D eigenvalue weighted by molar-refractivity contribution is 7.93. The van der Waals surface area contributed by atoms with Crippen LogP contribution in [0.5, 0.6) is 0 Å². The number of hydrogen-bond acceptors (Lipinski definition) is 6. The summed E-state index contributed by atoms with van der Waals surface area (Å²) in [6.07, 6.45) is 2.82. The zero-order valence-electron chi connectivity index (χ0n) is 19.3. The van der Waals surface area contributed by atoms with Gasteiger partial charge in [-0.1, -0.05) is 6.07 Å². The van der Waals surface area contributed by atoms with Crippen LogP contribution in [0, 0.1) is 5.82 Å². The number of hydrogen-bond donors (Lipinski definition) is 1. The Morgan fingerprint density at radius 1 is 0.917 bits per heavy atom. The summed E-state index contributed by atoms with van der Waals surface area (Å²) in [6, 6.07) is 17.8. The number of fused-ring (bicyclic) bond motifs is 1. The average molecular weight is 506 g/mol. The van der Waals surface area contributed by atoms with E-state index in [1.54, 1.807) is 65.7 Å². The first kappa shape index (κ1) is 23.8. The molecule has 1 amide bonds. The molecular weight excluding hydrogens is 481 g/mol. The SMILES string of the molecule is O=C(c1ccc(NS(=O)(=O)c2cccc3ncccc23)cc1)N1CCN(Cc2ccc(F)cn2)CC1. The number of pyridine rings is 2. The van der Waals surface area contributed by atoms with E-state index in [-0.39, 0.29) is 16.6 Å². The quantitative estimate of drug-likeness (QED) is 0.431. The van der Waals surface area contributed by atoms with Gasteiger partial charge in [-0.3, -0.25) is 24.4 Å². The van der Waals surface area contributed by atoms with Gasteiger partial charge in [0.2, 0.25) is 0 Å². The summed E-state index contributed by atoms with van der Waals surface area (Å²) in [6.45, 7) is 3.09. The second-order valence-electron chi connectivity index (χ2n) is 8.55. The molecule has 10 heteroatoms. The molecule has 1 aliphatic heterocycles. The van der Waals surface area contributed by atoms with Crippen molar-refractivity contribution in [1.29, 1.82) is 0 Å². The molecule has 0 spiro atoms. The molecule has 184 valence electrons. The maximum atomic E-state index is 13.1. The highest BCUT2D eigenvalue weighted by Gasteiger charge is 2.23. The van der Waals surface area contributed by atoms with Crippen molar-refractivity contribution in [2.75, 3.05) is 30.9 Å². The Hall–Kier alpha value is -3.89. The van der Waals surface area contributed by atoms with Crippen LogP contribution in [0.3, 0.4) is 0 Å². The number of piperazine rings is 1. The number of sulfonamides is 1. The van der Waals surface area contributed by atoms with Crippen LogP contribution < -0.4 is 4.72 Å². The Morgan fingerprint density at radius 2 is 1.69 bits per heavy atom. The zero-order valence-corrected chi connectivity index (χ0v) is 20.2. The Morgan fingerprint density at radius 3 is 2.42 bits per heavy atom. The second kappa shape index (κ2) is 10.00. The molecule has 0 atom stereocenters. The van der Waals surface area contributed by atoms with E-state index >= 15 is 0 Å².